The Bertz CT molecular complexity index is 761. The molecule has 0 nitrogen and oxygen atoms in total. The van der Waals surface area contributed by atoms with Crippen LogP contribution in [0.5, 0.6) is 0 Å². The Kier molecular flexibility index (Phi) is 7.78. The molecule has 0 saturated heterocycles. The molecule has 0 heterocycles. The first-order valence-corrected chi connectivity index (χ1v) is 15.1. The molecule has 159 valence electrons. The molecule has 0 aromatic heterocycles. The quantitative estimate of drug-likeness (QED) is 0.253. The average Bonchev–Trinajstić information content (AvgIpc) is 3.32. The van der Waals surface area contributed by atoms with Crippen molar-refractivity contribution < 1.29 is 26.2 Å². The van der Waals surface area contributed by atoms with Gasteiger partial charge in [0.05, 0.1) is 0 Å². The molecule has 6 aliphatic rings. The van der Waals surface area contributed by atoms with Crippen LogP contribution in [0, 0.1) is 12.8 Å². The number of hydrogen-bond donors (Lipinski definition) is 0. The summed E-state index contributed by atoms with van der Waals surface area (Å²) in [5.74, 6) is 0. The molecule has 6 aliphatic carbocycles. The second kappa shape index (κ2) is 10.2. The zero-order chi connectivity index (χ0) is 19.8. The van der Waals surface area contributed by atoms with Crippen molar-refractivity contribution in [3.63, 3.8) is 0 Å². The molecule has 1 unspecified atom stereocenters. The summed E-state index contributed by atoms with van der Waals surface area (Å²) in [5, 5.41) is 0. The molecule has 0 saturated carbocycles. The zero-order valence-corrected chi connectivity index (χ0v) is 22.8. The summed E-state index contributed by atoms with van der Waals surface area (Å²) in [4.78, 5) is 0. The van der Waals surface area contributed by atoms with Gasteiger partial charge in [-0.25, -0.2) is 24.0 Å². The molecule has 0 fully saturated rings. The number of fused-ring (bicyclic) bond motifs is 2. The third-order valence-corrected chi connectivity index (χ3v) is 10.3. The van der Waals surface area contributed by atoms with Gasteiger partial charge < -0.3 is 0 Å². The molecule has 30 heavy (non-hydrogen) atoms. The van der Waals surface area contributed by atoms with E-state index in [1.54, 1.807) is 39.0 Å². The summed E-state index contributed by atoms with van der Waals surface area (Å²) >= 11 is 0. The van der Waals surface area contributed by atoms with E-state index in [9.17, 15) is 0 Å². The summed E-state index contributed by atoms with van der Waals surface area (Å²) < 4.78 is 0. The van der Waals surface area contributed by atoms with Crippen molar-refractivity contribution in [3.8, 4) is 0 Å². The second-order valence-electron chi connectivity index (χ2n) is 10.4. The van der Waals surface area contributed by atoms with Crippen molar-refractivity contribution in [2.45, 2.75) is 115 Å². The standard InChI is InChI=1S/C15H22Si.C13H17.Zr/c1-16(2)13-7-8-15-12(10-13)9-11-5-3-4-6-14(11)15;1-3-7-12-10(5-1)9-11-6-2-4-8-13(11)12;/h10,13H,3-9H2,1-2H3;5H,1-4,6-9H2;/q2*-1;+2. The third-order valence-electron chi connectivity index (χ3n) is 8.35. The largest absolute Gasteiger partial charge is 2.00 e. The maximum atomic E-state index is 2.66. The molecule has 6 rings (SSSR count). The summed E-state index contributed by atoms with van der Waals surface area (Å²) in [5.41, 5.74) is 15.2. The SMILES string of the molecule is C[Si](C)C1[CH-]C2=C(CC1)C1=C(CCCC1)C2.[CH-]1CCCC2=C1CC1=C2CCCC1.[Zr+2]. The van der Waals surface area contributed by atoms with Crippen molar-refractivity contribution in [2.75, 3.05) is 0 Å². The van der Waals surface area contributed by atoms with Gasteiger partial charge in [0.15, 0.2) is 0 Å². The van der Waals surface area contributed by atoms with Gasteiger partial charge in [0.2, 0.25) is 0 Å². The monoisotopic (exact) mass is 493 g/mol. The zero-order valence-electron chi connectivity index (χ0n) is 19.3. The molecule has 2 heteroatoms. The Balaban J connectivity index is 0.000000143. The van der Waals surface area contributed by atoms with Crippen LogP contribution in [0.1, 0.15) is 96.3 Å². The van der Waals surface area contributed by atoms with Gasteiger partial charge in [-0.1, -0.05) is 68.3 Å². The Morgan fingerprint density at radius 1 is 0.667 bits per heavy atom. The van der Waals surface area contributed by atoms with E-state index in [0.29, 0.717) is 0 Å². The van der Waals surface area contributed by atoms with Gasteiger partial charge in [0.1, 0.15) is 0 Å². The van der Waals surface area contributed by atoms with E-state index in [1.165, 1.54) is 96.3 Å². The molecule has 0 aliphatic heterocycles. The molecule has 1 radical (unpaired) electrons. The van der Waals surface area contributed by atoms with Gasteiger partial charge in [-0.15, -0.1) is 17.6 Å². The van der Waals surface area contributed by atoms with Crippen molar-refractivity contribution >= 4 is 8.80 Å². The van der Waals surface area contributed by atoms with Gasteiger partial charge >= 0.3 is 26.2 Å². The van der Waals surface area contributed by atoms with Crippen LogP contribution >= 0.6 is 0 Å². The van der Waals surface area contributed by atoms with Gasteiger partial charge in [-0.2, -0.15) is 11.1 Å². The minimum absolute atomic E-state index is 0. The minimum Gasteiger partial charge on any atom is -0.226 e. The first-order chi connectivity index (χ1) is 14.2. The first kappa shape index (κ1) is 23.0. The van der Waals surface area contributed by atoms with Gasteiger partial charge in [0.25, 0.3) is 0 Å². The van der Waals surface area contributed by atoms with Gasteiger partial charge in [-0.3, -0.25) is 0 Å². The van der Waals surface area contributed by atoms with Crippen LogP contribution in [0.25, 0.3) is 0 Å². The van der Waals surface area contributed by atoms with Crippen LogP contribution in [0.2, 0.25) is 18.6 Å². The topological polar surface area (TPSA) is 0 Å². The normalized spacial score (nSPS) is 27.4. The predicted molar refractivity (Wildman–Crippen MR) is 127 cm³/mol. The van der Waals surface area contributed by atoms with Crippen LogP contribution in [-0.4, -0.2) is 8.80 Å². The fraction of sp³-hybridized carbons (Fsp3) is 0.643. The van der Waals surface area contributed by atoms with Gasteiger partial charge in [-0.05, 0) is 51.4 Å². The van der Waals surface area contributed by atoms with E-state index in [-0.39, 0.29) is 35.0 Å². The van der Waals surface area contributed by atoms with E-state index in [4.69, 9.17) is 0 Å². The van der Waals surface area contributed by atoms with E-state index < -0.39 is 0 Å². The molecule has 0 N–H and O–H groups in total. The molecule has 0 bridgehead atoms. The molecule has 0 spiro atoms. The van der Waals surface area contributed by atoms with E-state index in [0.717, 1.165) is 5.54 Å². The van der Waals surface area contributed by atoms with Crippen LogP contribution < -0.4 is 0 Å². The number of allylic oxidation sites excluding steroid dienone is 8. The summed E-state index contributed by atoms with van der Waals surface area (Å²) in [7, 11) is -0.113. The molecular formula is C28H39SiZr. The van der Waals surface area contributed by atoms with Crippen molar-refractivity contribution in [3.05, 3.63) is 57.4 Å². The molecule has 0 aromatic carbocycles. The minimum atomic E-state index is -0.113. The summed E-state index contributed by atoms with van der Waals surface area (Å²) in [6, 6.07) is 0. The predicted octanol–water partition coefficient (Wildman–Crippen LogP) is 8.62. The van der Waals surface area contributed by atoms with Crippen LogP contribution in [0.3, 0.4) is 0 Å². The Labute approximate surface area is 206 Å². The molecule has 0 amide bonds. The van der Waals surface area contributed by atoms with E-state index in [1.807, 2.05) is 5.57 Å². The Hall–Kier alpha value is -0.200. The average molecular weight is 495 g/mol. The maximum Gasteiger partial charge on any atom is 2.00 e. The van der Waals surface area contributed by atoms with Crippen molar-refractivity contribution in [2.24, 2.45) is 0 Å². The number of rotatable bonds is 1. The Morgan fingerprint density at radius 3 is 1.90 bits per heavy atom. The molecular weight excluding hydrogens is 456 g/mol. The molecule has 0 aromatic rings. The maximum absolute atomic E-state index is 2.66. The fourth-order valence-electron chi connectivity index (χ4n) is 6.73. The van der Waals surface area contributed by atoms with Crippen LogP contribution in [-0.2, 0) is 26.2 Å². The summed E-state index contributed by atoms with van der Waals surface area (Å²) in [6.07, 6.45) is 26.1. The summed E-state index contributed by atoms with van der Waals surface area (Å²) in [6.45, 7) is 4.94. The smallest absolute Gasteiger partial charge is 0.226 e. The van der Waals surface area contributed by atoms with E-state index >= 15 is 0 Å². The van der Waals surface area contributed by atoms with Crippen LogP contribution in [0.15, 0.2) is 44.6 Å². The second-order valence-corrected chi connectivity index (χ2v) is 13.3. The molecule has 1 atom stereocenters. The van der Waals surface area contributed by atoms with Gasteiger partial charge in [0, 0.05) is 8.80 Å². The fourth-order valence-corrected chi connectivity index (χ4v) is 7.99. The van der Waals surface area contributed by atoms with Crippen LogP contribution in [0.4, 0.5) is 0 Å². The van der Waals surface area contributed by atoms with Crippen molar-refractivity contribution in [1.82, 2.24) is 0 Å². The van der Waals surface area contributed by atoms with E-state index in [2.05, 4.69) is 25.9 Å². The number of hydrogen-bond acceptors (Lipinski definition) is 0. The Morgan fingerprint density at radius 2 is 1.23 bits per heavy atom. The first-order valence-electron chi connectivity index (χ1n) is 12.6. The third kappa shape index (κ3) is 4.61. The van der Waals surface area contributed by atoms with Crippen molar-refractivity contribution in [1.29, 1.82) is 0 Å².